The molecule has 2 heterocycles. The zero-order valence-electron chi connectivity index (χ0n) is 12.9. The molecule has 0 aliphatic heterocycles. The number of aromatic nitrogens is 1. The summed E-state index contributed by atoms with van der Waals surface area (Å²) in [4.78, 5) is 12.5. The zero-order valence-corrected chi connectivity index (χ0v) is 13.7. The number of nitrogens with one attached hydrogen (secondary N) is 1. The van der Waals surface area contributed by atoms with Gasteiger partial charge >= 0.3 is 0 Å². The fourth-order valence-electron chi connectivity index (χ4n) is 3.24. The van der Waals surface area contributed by atoms with Gasteiger partial charge in [0.2, 0.25) is 0 Å². The molecule has 4 heteroatoms. The summed E-state index contributed by atoms with van der Waals surface area (Å²) in [5, 5.41) is 5.21. The maximum atomic E-state index is 12.5. The predicted molar refractivity (Wildman–Crippen MR) is 89.1 cm³/mol. The summed E-state index contributed by atoms with van der Waals surface area (Å²) in [6.45, 7) is 5.13. The Balaban J connectivity index is 1.84. The molecule has 1 N–H and O–H groups in total. The van der Waals surface area contributed by atoms with Crippen molar-refractivity contribution in [2.24, 2.45) is 5.92 Å². The van der Waals surface area contributed by atoms with Crippen LogP contribution in [0, 0.1) is 5.92 Å². The van der Waals surface area contributed by atoms with E-state index in [1.165, 1.54) is 35.9 Å². The Morgan fingerprint density at radius 1 is 1.43 bits per heavy atom. The molecule has 2 aromatic heterocycles. The summed E-state index contributed by atoms with van der Waals surface area (Å²) in [6, 6.07) is 4.73. The molecule has 0 bridgehead atoms. The van der Waals surface area contributed by atoms with Crippen LogP contribution < -0.4 is 5.32 Å². The Labute approximate surface area is 130 Å². The Morgan fingerprint density at radius 3 is 2.90 bits per heavy atom. The number of fused-ring (bicyclic) bond motifs is 1. The average molecular weight is 304 g/mol. The molecule has 1 fully saturated rings. The van der Waals surface area contributed by atoms with Crippen LogP contribution in [0.1, 0.15) is 62.5 Å². The van der Waals surface area contributed by atoms with Gasteiger partial charge < -0.3 is 9.88 Å². The summed E-state index contributed by atoms with van der Waals surface area (Å²) >= 11 is 1.73. The van der Waals surface area contributed by atoms with Gasteiger partial charge in [0.25, 0.3) is 5.91 Å². The lowest BCUT2D eigenvalue weighted by Crippen LogP contribution is -2.28. The van der Waals surface area contributed by atoms with Crippen LogP contribution in [0.4, 0.5) is 0 Å². The van der Waals surface area contributed by atoms with Crippen molar-refractivity contribution in [3.63, 3.8) is 0 Å². The molecule has 1 amide bonds. The highest BCUT2D eigenvalue weighted by molar-refractivity contribution is 7.17. The Bertz CT molecular complexity index is 620. The third kappa shape index (κ3) is 3.00. The lowest BCUT2D eigenvalue weighted by molar-refractivity contribution is 0.0941. The second-order valence-electron chi connectivity index (χ2n) is 6.45. The van der Waals surface area contributed by atoms with Crippen LogP contribution in [-0.2, 0) is 0 Å². The Hall–Kier alpha value is -1.29. The Morgan fingerprint density at radius 2 is 2.19 bits per heavy atom. The molecular formula is C17H24N2OS. The molecule has 0 radical (unpaired) electrons. The first-order valence-corrected chi connectivity index (χ1v) is 8.91. The molecule has 0 atom stereocenters. The molecule has 1 saturated carbocycles. The van der Waals surface area contributed by atoms with Gasteiger partial charge in [-0.15, -0.1) is 11.3 Å². The van der Waals surface area contributed by atoms with Crippen molar-refractivity contribution in [3.05, 3.63) is 23.2 Å². The quantitative estimate of drug-likeness (QED) is 0.861. The van der Waals surface area contributed by atoms with Gasteiger partial charge in [0.15, 0.2) is 0 Å². The van der Waals surface area contributed by atoms with Gasteiger partial charge in [-0.25, -0.2) is 0 Å². The van der Waals surface area contributed by atoms with E-state index < -0.39 is 0 Å². The monoisotopic (exact) mass is 304 g/mol. The average Bonchev–Trinajstić information content (AvgIpc) is 3.13. The number of hydrogen-bond acceptors (Lipinski definition) is 2. The van der Waals surface area contributed by atoms with Gasteiger partial charge in [-0.05, 0) is 42.7 Å². The van der Waals surface area contributed by atoms with Crippen LogP contribution in [-0.4, -0.2) is 17.0 Å². The van der Waals surface area contributed by atoms with Gasteiger partial charge in [-0.1, -0.05) is 26.7 Å². The topological polar surface area (TPSA) is 34.0 Å². The number of rotatable bonds is 5. The first kappa shape index (κ1) is 14.6. The van der Waals surface area contributed by atoms with Crippen molar-refractivity contribution < 1.29 is 4.79 Å². The molecule has 0 spiro atoms. The fraction of sp³-hybridized carbons (Fsp3) is 0.588. The summed E-state index contributed by atoms with van der Waals surface area (Å²) in [6.07, 6.45) is 5.99. The van der Waals surface area contributed by atoms with Crippen LogP contribution >= 0.6 is 11.3 Å². The number of hydrogen-bond donors (Lipinski definition) is 1. The van der Waals surface area contributed by atoms with Gasteiger partial charge in [0, 0.05) is 12.6 Å². The van der Waals surface area contributed by atoms with Crippen LogP contribution in [0.5, 0.6) is 0 Å². The van der Waals surface area contributed by atoms with E-state index in [-0.39, 0.29) is 5.91 Å². The van der Waals surface area contributed by atoms with E-state index in [0.717, 1.165) is 18.7 Å². The molecule has 0 unspecified atom stereocenters. The van der Waals surface area contributed by atoms with Crippen molar-refractivity contribution >= 4 is 27.5 Å². The third-order valence-corrected chi connectivity index (χ3v) is 5.24. The molecule has 0 saturated heterocycles. The van der Waals surface area contributed by atoms with Crippen molar-refractivity contribution in [1.29, 1.82) is 0 Å². The van der Waals surface area contributed by atoms with E-state index in [1.807, 2.05) is 0 Å². The molecule has 1 aliphatic rings. The predicted octanol–water partition coefficient (Wildman–Crippen LogP) is 4.59. The maximum Gasteiger partial charge on any atom is 0.267 e. The molecule has 3 rings (SSSR count). The number of amides is 1. The minimum atomic E-state index is 0.0888. The van der Waals surface area contributed by atoms with Crippen molar-refractivity contribution in [3.8, 4) is 0 Å². The summed E-state index contributed by atoms with van der Waals surface area (Å²) in [7, 11) is 0. The fourth-order valence-corrected chi connectivity index (χ4v) is 4.05. The molecule has 2 aromatic rings. The zero-order chi connectivity index (χ0) is 14.8. The molecule has 114 valence electrons. The minimum absolute atomic E-state index is 0.0888. The number of nitrogens with zero attached hydrogens (tertiary/aromatic N) is 1. The summed E-state index contributed by atoms with van der Waals surface area (Å²) in [5.74, 6) is 0.710. The normalized spacial score (nSPS) is 16.1. The summed E-state index contributed by atoms with van der Waals surface area (Å²) in [5.41, 5.74) is 2.09. The van der Waals surface area contributed by atoms with Crippen LogP contribution in [0.2, 0.25) is 0 Å². The lowest BCUT2D eigenvalue weighted by atomic mass is 10.1. The first-order valence-electron chi connectivity index (χ1n) is 8.03. The largest absolute Gasteiger partial charge is 0.351 e. The van der Waals surface area contributed by atoms with Crippen molar-refractivity contribution in [2.45, 2.75) is 52.0 Å². The second-order valence-corrected chi connectivity index (χ2v) is 7.39. The maximum absolute atomic E-state index is 12.5. The van der Waals surface area contributed by atoms with Gasteiger partial charge in [-0.2, -0.15) is 0 Å². The summed E-state index contributed by atoms with van der Waals surface area (Å²) < 4.78 is 3.53. The van der Waals surface area contributed by atoms with E-state index in [0.29, 0.717) is 12.0 Å². The Kier molecular flexibility index (Phi) is 4.34. The van der Waals surface area contributed by atoms with E-state index in [2.05, 4.69) is 41.2 Å². The van der Waals surface area contributed by atoms with Crippen LogP contribution in [0.3, 0.4) is 0 Å². The van der Waals surface area contributed by atoms with E-state index in [4.69, 9.17) is 0 Å². The smallest absolute Gasteiger partial charge is 0.267 e. The van der Waals surface area contributed by atoms with Gasteiger partial charge in [-0.3, -0.25) is 4.79 Å². The molecule has 3 nitrogen and oxygen atoms in total. The first-order chi connectivity index (χ1) is 10.2. The number of carbonyl (C=O) groups is 1. The highest BCUT2D eigenvalue weighted by Crippen LogP contribution is 2.36. The molecule has 21 heavy (non-hydrogen) atoms. The number of carbonyl (C=O) groups excluding carboxylic acids is 1. The van der Waals surface area contributed by atoms with Gasteiger partial charge in [0.1, 0.15) is 5.69 Å². The molecule has 1 aliphatic carbocycles. The SMILES string of the molecule is CC(C)CCNC(=O)c1cc2sccc2n1C1CCCC1. The second kappa shape index (κ2) is 6.22. The van der Waals surface area contributed by atoms with Gasteiger partial charge in [0.05, 0.1) is 10.2 Å². The molecular weight excluding hydrogens is 280 g/mol. The van der Waals surface area contributed by atoms with Crippen LogP contribution in [0.25, 0.3) is 10.2 Å². The van der Waals surface area contributed by atoms with E-state index in [1.54, 1.807) is 11.3 Å². The standard InChI is InChI=1S/C17H24N2OS/c1-12(2)7-9-18-17(20)15-11-16-14(8-10-21-16)19(15)13-5-3-4-6-13/h8,10-13H,3-7,9H2,1-2H3,(H,18,20). The van der Waals surface area contributed by atoms with Crippen molar-refractivity contribution in [1.82, 2.24) is 9.88 Å². The molecule has 0 aromatic carbocycles. The number of thiophene rings is 1. The lowest BCUT2D eigenvalue weighted by Gasteiger charge is -2.17. The van der Waals surface area contributed by atoms with Crippen LogP contribution in [0.15, 0.2) is 17.5 Å². The van der Waals surface area contributed by atoms with E-state index in [9.17, 15) is 4.79 Å². The highest BCUT2D eigenvalue weighted by atomic mass is 32.1. The van der Waals surface area contributed by atoms with E-state index >= 15 is 0 Å². The van der Waals surface area contributed by atoms with Crippen molar-refractivity contribution in [2.75, 3.05) is 6.54 Å². The third-order valence-electron chi connectivity index (χ3n) is 4.39. The minimum Gasteiger partial charge on any atom is -0.351 e. The highest BCUT2D eigenvalue weighted by Gasteiger charge is 2.24.